The monoisotopic (exact) mass is 440 g/mol. The van der Waals surface area contributed by atoms with Gasteiger partial charge in [0.05, 0.1) is 19.2 Å². The van der Waals surface area contributed by atoms with E-state index in [-0.39, 0.29) is 24.5 Å². The summed E-state index contributed by atoms with van der Waals surface area (Å²) in [6.07, 6.45) is 4.56. The van der Waals surface area contributed by atoms with Gasteiger partial charge >= 0.3 is 6.09 Å². The molecule has 31 heavy (non-hydrogen) atoms. The molecule has 2 amide bonds. The minimum Gasteiger partial charge on any atom is -0.497 e. The third-order valence-electron chi connectivity index (χ3n) is 5.19. The molecule has 0 spiro atoms. The Labute approximate surface area is 187 Å². The summed E-state index contributed by atoms with van der Waals surface area (Å²) in [7, 11) is 1.64. The van der Waals surface area contributed by atoms with Gasteiger partial charge < -0.3 is 14.8 Å². The van der Waals surface area contributed by atoms with Gasteiger partial charge in [-0.05, 0) is 35.9 Å². The Morgan fingerprint density at radius 3 is 2.58 bits per heavy atom. The fourth-order valence-corrected chi connectivity index (χ4v) is 4.10. The lowest BCUT2D eigenvalue weighted by atomic mass is 9.95. The van der Waals surface area contributed by atoms with E-state index in [0.29, 0.717) is 0 Å². The zero-order valence-corrected chi connectivity index (χ0v) is 19.0. The van der Waals surface area contributed by atoms with Gasteiger partial charge in [0.15, 0.2) is 0 Å². The Morgan fingerprint density at radius 1 is 1.19 bits per heavy atom. The minimum absolute atomic E-state index is 0.116. The van der Waals surface area contributed by atoms with Gasteiger partial charge in [-0.3, -0.25) is 4.79 Å². The number of nitrogens with one attached hydrogen (secondary N) is 1. The molecule has 0 saturated carbocycles. The fourth-order valence-electron chi connectivity index (χ4n) is 3.52. The third-order valence-corrected chi connectivity index (χ3v) is 5.97. The predicted octanol–water partition coefficient (Wildman–Crippen LogP) is 4.96. The van der Waals surface area contributed by atoms with E-state index in [0.717, 1.165) is 21.9 Å². The largest absolute Gasteiger partial charge is 0.497 e. The van der Waals surface area contributed by atoms with Gasteiger partial charge in [-0.15, -0.1) is 11.8 Å². The van der Waals surface area contributed by atoms with Gasteiger partial charge in [0.25, 0.3) is 5.91 Å². The van der Waals surface area contributed by atoms with Gasteiger partial charge in [-0.25, -0.2) is 9.69 Å². The molecule has 2 aromatic rings. The summed E-state index contributed by atoms with van der Waals surface area (Å²) >= 11 is 1.60. The van der Waals surface area contributed by atoms with E-state index in [9.17, 15) is 9.59 Å². The van der Waals surface area contributed by atoms with Crippen molar-refractivity contribution < 1.29 is 19.1 Å². The number of anilines is 1. The van der Waals surface area contributed by atoms with Crippen LogP contribution in [0.2, 0.25) is 0 Å². The standard InChI is InChI=1S/C24H28N2O4S/c1-16(2)23(25-19-11-10-18(29-3)14-21(19)31-4)20-12-13-22(27)26(20)24(28)30-15-17-8-6-5-7-9-17/h5-14,16,20,23,25H,15H2,1-4H3/t20-,23+/m1/s1. The SMILES string of the molecule is COc1ccc(N[C@@H](C(C)C)[C@H]2C=CC(=O)N2C(=O)OCc2ccccc2)c(SC)c1. The Kier molecular flexibility index (Phi) is 7.63. The number of thioether (sulfide) groups is 1. The number of hydrogen-bond acceptors (Lipinski definition) is 6. The van der Waals surface area contributed by atoms with Gasteiger partial charge in [-0.2, -0.15) is 0 Å². The normalized spacial score (nSPS) is 16.5. The molecule has 1 aliphatic rings. The molecular formula is C24H28N2O4S. The molecule has 3 rings (SSSR count). The van der Waals surface area contributed by atoms with Crippen LogP contribution in [0.25, 0.3) is 0 Å². The van der Waals surface area contributed by atoms with Crippen molar-refractivity contribution in [2.45, 2.75) is 37.4 Å². The highest BCUT2D eigenvalue weighted by molar-refractivity contribution is 7.98. The van der Waals surface area contributed by atoms with E-state index < -0.39 is 12.1 Å². The van der Waals surface area contributed by atoms with Crippen LogP contribution >= 0.6 is 11.8 Å². The van der Waals surface area contributed by atoms with E-state index in [1.54, 1.807) is 24.9 Å². The summed E-state index contributed by atoms with van der Waals surface area (Å²) in [6, 6.07) is 14.6. The van der Waals surface area contributed by atoms with E-state index in [1.807, 2.05) is 54.8 Å². The number of amides is 2. The summed E-state index contributed by atoms with van der Waals surface area (Å²) in [5.41, 5.74) is 1.80. The van der Waals surface area contributed by atoms with E-state index in [2.05, 4.69) is 19.2 Å². The summed E-state index contributed by atoms with van der Waals surface area (Å²) in [6.45, 7) is 4.24. The van der Waals surface area contributed by atoms with Crippen molar-refractivity contribution in [2.75, 3.05) is 18.7 Å². The molecule has 2 atom stereocenters. The fraction of sp³-hybridized carbons (Fsp3) is 0.333. The molecule has 6 nitrogen and oxygen atoms in total. The second-order valence-corrected chi connectivity index (χ2v) is 8.43. The molecule has 1 N–H and O–H groups in total. The Hall–Kier alpha value is -2.93. The molecule has 164 valence electrons. The first kappa shape index (κ1) is 22.7. The maximum absolute atomic E-state index is 12.8. The van der Waals surface area contributed by atoms with Crippen molar-refractivity contribution in [3.05, 3.63) is 66.2 Å². The van der Waals surface area contributed by atoms with Crippen LogP contribution in [0.3, 0.4) is 0 Å². The molecule has 7 heteroatoms. The first-order chi connectivity index (χ1) is 14.9. The zero-order chi connectivity index (χ0) is 22.4. The highest BCUT2D eigenvalue weighted by atomic mass is 32.2. The van der Waals surface area contributed by atoms with Crippen molar-refractivity contribution in [1.29, 1.82) is 0 Å². The van der Waals surface area contributed by atoms with Gasteiger partial charge in [0.1, 0.15) is 12.4 Å². The van der Waals surface area contributed by atoms with Gasteiger partial charge in [-0.1, -0.05) is 50.3 Å². The highest BCUT2D eigenvalue weighted by Crippen LogP contribution is 2.32. The molecule has 0 fully saturated rings. The lowest BCUT2D eigenvalue weighted by Crippen LogP contribution is -2.50. The van der Waals surface area contributed by atoms with Crippen molar-refractivity contribution >= 4 is 29.4 Å². The van der Waals surface area contributed by atoms with Crippen molar-refractivity contribution in [3.63, 3.8) is 0 Å². The Bertz CT molecular complexity index is 946. The number of nitrogens with zero attached hydrogens (tertiary/aromatic N) is 1. The molecule has 0 saturated heterocycles. The lowest BCUT2D eigenvalue weighted by Gasteiger charge is -2.33. The van der Waals surface area contributed by atoms with Crippen molar-refractivity contribution in [3.8, 4) is 5.75 Å². The molecule has 1 aliphatic heterocycles. The zero-order valence-electron chi connectivity index (χ0n) is 18.2. The molecule has 1 heterocycles. The van der Waals surface area contributed by atoms with E-state index >= 15 is 0 Å². The number of carbonyl (C=O) groups is 2. The number of methoxy groups -OCH3 is 1. The van der Waals surface area contributed by atoms with Crippen molar-refractivity contribution in [2.24, 2.45) is 5.92 Å². The van der Waals surface area contributed by atoms with Gasteiger partial charge in [0.2, 0.25) is 0 Å². The highest BCUT2D eigenvalue weighted by Gasteiger charge is 2.39. The second-order valence-electron chi connectivity index (χ2n) is 7.58. The van der Waals surface area contributed by atoms with Crippen LogP contribution in [-0.2, 0) is 16.1 Å². The lowest BCUT2D eigenvalue weighted by molar-refractivity contribution is -0.124. The molecule has 0 aliphatic carbocycles. The molecule has 0 bridgehead atoms. The van der Waals surface area contributed by atoms with Crippen LogP contribution in [0.15, 0.2) is 65.6 Å². The number of carbonyl (C=O) groups excluding carboxylic acids is 2. The molecular weight excluding hydrogens is 412 g/mol. The number of rotatable bonds is 8. The summed E-state index contributed by atoms with van der Waals surface area (Å²) in [4.78, 5) is 27.6. The van der Waals surface area contributed by atoms with E-state index in [1.165, 1.54) is 11.0 Å². The van der Waals surface area contributed by atoms with Crippen LogP contribution in [-0.4, -0.2) is 42.3 Å². The molecule has 0 radical (unpaired) electrons. The maximum atomic E-state index is 12.8. The summed E-state index contributed by atoms with van der Waals surface area (Å²) < 4.78 is 10.8. The average molecular weight is 441 g/mol. The van der Waals surface area contributed by atoms with Gasteiger partial charge in [0, 0.05) is 16.7 Å². The summed E-state index contributed by atoms with van der Waals surface area (Å²) in [5, 5.41) is 3.54. The predicted molar refractivity (Wildman–Crippen MR) is 123 cm³/mol. The minimum atomic E-state index is -0.642. The van der Waals surface area contributed by atoms with Crippen LogP contribution < -0.4 is 10.1 Å². The smallest absolute Gasteiger partial charge is 0.417 e. The average Bonchev–Trinajstić information content (AvgIpc) is 3.17. The first-order valence-corrected chi connectivity index (χ1v) is 11.4. The second kappa shape index (κ2) is 10.4. The van der Waals surface area contributed by atoms with Crippen LogP contribution in [0.4, 0.5) is 10.5 Å². The van der Waals surface area contributed by atoms with Crippen LogP contribution in [0.5, 0.6) is 5.75 Å². The topological polar surface area (TPSA) is 67.9 Å². The third kappa shape index (κ3) is 5.41. The van der Waals surface area contributed by atoms with E-state index in [4.69, 9.17) is 9.47 Å². The maximum Gasteiger partial charge on any atom is 0.417 e. The molecule has 0 aromatic heterocycles. The number of imide groups is 1. The summed E-state index contributed by atoms with van der Waals surface area (Å²) in [5.74, 6) is 0.551. The Morgan fingerprint density at radius 2 is 1.94 bits per heavy atom. The van der Waals surface area contributed by atoms with Crippen LogP contribution in [0.1, 0.15) is 19.4 Å². The van der Waals surface area contributed by atoms with Crippen LogP contribution in [0, 0.1) is 5.92 Å². The molecule has 2 aromatic carbocycles. The Balaban J connectivity index is 1.78. The number of benzene rings is 2. The number of hydrogen-bond donors (Lipinski definition) is 1. The molecule has 0 unspecified atom stereocenters. The quantitative estimate of drug-likeness (QED) is 0.586. The van der Waals surface area contributed by atoms with Crippen molar-refractivity contribution in [1.82, 2.24) is 4.90 Å². The number of ether oxygens (including phenoxy) is 2. The first-order valence-electron chi connectivity index (χ1n) is 10.1.